The number of likely N-dealkylation sites (tertiary alicyclic amines) is 1. The van der Waals surface area contributed by atoms with Crippen LogP contribution in [-0.4, -0.2) is 46.9 Å². The summed E-state index contributed by atoms with van der Waals surface area (Å²) < 4.78 is 0. The third-order valence-electron chi connectivity index (χ3n) is 4.40. The second kappa shape index (κ2) is 7.88. The van der Waals surface area contributed by atoms with Gasteiger partial charge in [-0.1, -0.05) is 6.92 Å². The molecule has 1 aliphatic rings. The van der Waals surface area contributed by atoms with Crippen molar-refractivity contribution in [2.24, 2.45) is 11.7 Å². The van der Waals surface area contributed by atoms with E-state index < -0.39 is 6.04 Å². The minimum Gasteiger partial charge on any atom is -0.347 e. The van der Waals surface area contributed by atoms with Gasteiger partial charge >= 0.3 is 0 Å². The zero-order chi connectivity index (χ0) is 17.0. The van der Waals surface area contributed by atoms with Gasteiger partial charge in [-0.15, -0.1) is 11.3 Å². The summed E-state index contributed by atoms with van der Waals surface area (Å²) in [6.07, 6.45) is 4.44. The Morgan fingerprint density at radius 2 is 2.09 bits per heavy atom. The van der Waals surface area contributed by atoms with Gasteiger partial charge < -0.3 is 16.0 Å². The number of carbonyl (C=O) groups excluding carboxylic acids is 2. The first-order chi connectivity index (χ1) is 10.9. The summed E-state index contributed by atoms with van der Waals surface area (Å²) in [7, 11) is 0. The number of nitrogens with one attached hydrogen (secondary N) is 1. The monoisotopic (exact) mass is 338 g/mol. The summed E-state index contributed by atoms with van der Waals surface area (Å²) in [5.74, 6) is 0.285. The van der Waals surface area contributed by atoms with Crippen LogP contribution in [0.5, 0.6) is 0 Å². The van der Waals surface area contributed by atoms with Crippen molar-refractivity contribution in [1.82, 2.24) is 15.2 Å². The number of hydrogen-bond donors (Lipinski definition) is 2. The van der Waals surface area contributed by atoms with Crippen LogP contribution in [0.25, 0.3) is 0 Å². The lowest BCUT2D eigenvalue weighted by molar-refractivity contribution is -0.133. The number of aromatic nitrogens is 1. The molecule has 6 nitrogen and oxygen atoms in total. The molecule has 2 amide bonds. The van der Waals surface area contributed by atoms with Crippen molar-refractivity contribution >= 4 is 23.2 Å². The molecule has 2 heterocycles. The van der Waals surface area contributed by atoms with Crippen LogP contribution in [0.2, 0.25) is 0 Å². The lowest BCUT2D eigenvalue weighted by Crippen LogP contribution is -2.49. The van der Waals surface area contributed by atoms with E-state index in [0.29, 0.717) is 24.0 Å². The molecule has 3 N–H and O–H groups in total. The van der Waals surface area contributed by atoms with Gasteiger partial charge in [0.1, 0.15) is 0 Å². The van der Waals surface area contributed by atoms with E-state index in [2.05, 4.69) is 17.2 Å². The maximum absolute atomic E-state index is 12.2. The first-order valence-electron chi connectivity index (χ1n) is 8.22. The van der Waals surface area contributed by atoms with E-state index in [-0.39, 0.29) is 17.9 Å². The van der Waals surface area contributed by atoms with Gasteiger partial charge in [0.2, 0.25) is 5.91 Å². The quantitative estimate of drug-likeness (QED) is 0.849. The van der Waals surface area contributed by atoms with Crippen molar-refractivity contribution in [3.8, 4) is 0 Å². The van der Waals surface area contributed by atoms with Crippen LogP contribution in [0.15, 0.2) is 6.20 Å². The fraction of sp³-hybridized carbons (Fsp3) is 0.688. The topological polar surface area (TPSA) is 88.3 Å². The van der Waals surface area contributed by atoms with Gasteiger partial charge in [-0.2, -0.15) is 0 Å². The van der Waals surface area contributed by atoms with Crippen molar-refractivity contribution in [2.45, 2.75) is 52.1 Å². The minimum atomic E-state index is -0.443. The number of nitrogens with two attached hydrogens (primary N) is 1. The van der Waals surface area contributed by atoms with Crippen LogP contribution >= 0.6 is 11.3 Å². The predicted octanol–water partition coefficient (Wildman–Crippen LogP) is 1.41. The summed E-state index contributed by atoms with van der Waals surface area (Å²) in [5, 5.41) is 3.58. The minimum absolute atomic E-state index is 0.00928. The fourth-order valence-electron chi connectivity index (χ4n) is 2.87. The maximum atomic E-state index is 12.2. The molecule has 7 heteroatoms. The van der Waals surface area contributed by atoms with Crippen LogP contribution in [0.1, 0.15) is 48.3 Å². The van der Waals surface area contributed by atoms with E-state index in [0.717, 1.165) is 24.1 Å². The summed E-state index contributed by atoms with van der Waals surface area (Å²) in [4.78, 5) is 31.3. The van der Waals surface area contributed by atoms with Crippen molar-refractivity contribution < 1.29 is 9.59 Å². The number of carbonyl (C=O) groups is 2. The number of piperidine rings is 1. The molecule has 0 radical (unpaired) electrons. The number of aryl methyl sites for hydroxylation is 1. The number of thiazole rings is 1. The number of rotatable bonds is 5. The fourth-order valence-corrected chi connectivity index (χ4v) is 3.63. The molecule has 1 aliphatic heterocycles. The van der Waals surface area contributed by atoms with Gasteiger partial charge in [0.15, 0.2) is 5.01 Å². The molecule has 2 atom stereocenters. The second-order valence-corrected chi connectivity index (χ2v) is 7.31. The highest BCUT2D eigenvalue weighted by atomic mass is 32.1. The lowest BCUT2D eigenvalue weighted by atomic mass is 9.90. The Bertz CT molecular complexity index is 550. The van der Waals surface area contributed by atoms with Crippen molar-refractivity contribution in [3.63, 3.8) is 0 Å². The Hall–Kier alpha value is -1.47. The van der Waals surface area contributed by atoms with Crippen molar-refractivity contribution in [3.05, 3.63) is 16.1 Å². The molecule has 0 aliphatic carbocycles. The first kappa shape index (κ1) is 17.9. The zero-order valence-electron chi connectivity index (χ0n) is 14.0. The van der Waals surface area contributed by atoms with Crippen LogP contribution in [0.3, 0.4) is 0 Å². The van der Waals surface area contributed by atoms with Crippen molar-refractivity contribution in [1.29, 1.82) is 0 Å². The Kier molecular flexibility index (Phi) is 6.12. The van der Waals surface area contributed by atoms with Crippen LogP contribution in [0.4, 0.5) is 0 Å². The summed E-state index contributed by atoms with van der Waals surface area (Å²) in [5.41, 5.74) is 5.65. The molecule has 2 rings (SSSR count). The predicted molar refractivity (Wildman–Crippen MR) is 91.4 cm³/mol. The smallest absolute Gasteiger partial charge is 0.280 e. The molecule has 0 bridgehead atoms. The highest BCUT2D eigenvalue weighted by Gasteiger charge is 2.28. The summed E-state index contributed by atoms with van der Waals surface area (Å²) >= 11 is 1.45. The van der Waals surface area contributed by atoms with Crippen LogP contribution < -0.4 is 11.1 Å². The van der Waals surface area contributed by atoms with E-state index >= 15 is 0 Å². The molecule has 1 saturated heterocycles. The average molecular weight is 338 g/mol. The van der Waals surface area contributed by atoms with Gasteiger partial charge in [0.05, 0.1) is 6.04 Å². The third kappa shape index (κ3) is 4.51. The standard InChI is InChI=1S/C16H26N4O2S/c1-4-13-9-18-15(23-13)14(21)19-11(3)12-5-7-20(8-6-12)16(22)10(2)17/h9-12H,4-8,17H2,1-3H3,(H,19,21)/t10-,11?/m0/s1. The van der Waals surface area contributed by atoms with E-state index in [1.54, 1.807) is 13.1 Å². The third-order valence-corrected chi connectivity index (χ3v) is 5.54. The zero-order valence-corrected chi connectivity index (χ0v) is 14.9. The molecular weight excluding hydrogens is 312 g/mol. The summed E-state index contributed by atoms with van der Waals surface area (Å²) in [6.45, 7) is 7.22. The van der Waals surface area contributed by atoms with Crippen molar-refractivity contribution in [2.75, 3.05) is 13.1 Å². The Morgan fingerprint density at radius 1 is 1.43 bits per heavy atom. The van der Waals surface area contributed by atoms with Gasteiger partial charge in [-0.25, -0.2) is 4.98 Å². The molecule has 23 heavy (non-hydrogen) atoms. The molecule has 1 fully saturated rings. The average Bonchev–Trinajstić information content (AvgIpc) is 3.03. The summed E-state index contributed by atoms with van der Waals surface area (Å²) in [6, 6.07) is -0.370. The largest absolute Gasteiger partial charge is 0.347 e. The van der Waals surface area contributed by atoms with E-state index in [1.807, 2.05) is 11.8 Å². The van der Waals surface area contributed by atoms with E-state index in [4.69, 9.17) is 5.73 Å². The Labute approximate surface area is 141 Å². The lowest BCUT2D eigenvalue weighted by Gasteiger charge is -2.35. The van der Waals surface area contributed by atoms with Gasteiger partial charge in [-0.3, -0.25) is 9.59 Å². The normalized spacial score (nSPS) is 18.5. The Morgan fingerprint density at radius 3 is 2.61 bits per heavy atom. The molecule has 1 unspecified atom stereocenters. The molecule has 128 valence electrons. The number of amides is 2. The highest BCUT2D eigenvalue weighted by Crippen LogP contribution is 2.22. The maximum Gasteiger partial charge on any atom is 0.280 e. The van der Waals surface area contributed by atoms with Gasteiger partial charge in [0.25, 0.3) is 5.91 Å². The van der Waals surface area contributed by atoms with Crippen LogP contribution in [-0.2, 0) is 11.2 Å². The second-order valence-electron chi connectivity index (χ2n) is 6.20. The van der Waals surface area contributed by atoms with E-state index in [9.17, 15) is 9.59 Å². The van der Waals surface area contributed by atoms with Crippen LogP contribution in [0, 0.1) is 5.92 Å². The molecule has 1 aromatic heterocycles. The molecular formula is C16H26N4O2S. The molecule has 0 spiro atoms. The molecule has 1 aromatic rings. The molecule has 0 aromatic carbocycles. The number of nitrogens with zero attached hydrogens (tertiary/aromatic N) is 2. The Balaban J connectivity index is 1.84. The van der Waals surface area contributed by atoms with Gasteiger partial charge in [-0.05, 0) is 39.0 Å². The highest BCUT2D eigenvalue weighted by molar-refractivity contribution is 7.13. The number of hydrogen-bond acceptors (Lipinski definition) is 5. The SMILES string of the molecule is CCc1cnc(C(=O)NC(C)C2CCN(C(=O)[C@H](C)N)CC2)s1. The van der Waals surface area contributed by atoms with E-state index in [1.165, 1.54) is 11.3 Å². The van der Waals surface area contributed by atoms with Gasteiger partial charge in [0, 0.05) is 30.2 Å². The first-order valence-corrected chi connectivity index (χ1v) is 9.04. The molecule has 0 saturated carbocycles.